The van der Waals surface area contributed by atoms with E-state index in [4.69, 9.17) is 0 Å². The molecule has 17 heavy (non-hydrogen) atoms. The van der Waals surface area contributed by atoms with Crippen LogP contribution in [-0.2, 0) is 13.0 Å². The van der Waals surface area contributed by atoms with Gasteiger partial charge in [-0.2, -0.15) is 0 Å². The highest BCUT2D eigenvalue weighted by molar-refractivity contribution is 7.12. The summed E-state index contributed by atoms with van der Waals surface area (Å²) in [4.78, 5) is 2.86. The van der Waals surface area contributed by atoms with E-state index < -0.39 is 0 Å². The Morgan fingerprint density at radius 2 is 1.65 bits per heavy atom. The molecule has 0 atom stereocenters. The van der Waals surface area contributed by atoms with Gasteiger partial charge in [0.1, 0.15) is 0 Å². The maximum absolute atomic E-state index is 3.49. The molecule has 1 aromatic carbocycles. The summed E-state index contributed by atoms with van der Waals surface area (Å²) in [5.41, 5.74) is 3.84. The monoisotopic (exact) mass is 245 g/mol. The molecule has 0 amide bonds. The maximum Gasteiger partial charge on any atom is 0.0494 e. The number of thiophene rings is 1. The van der Waals surface area contributed by atoms with Crippen molar-refractivity contribution in [2.45, 2.75) is 33.7 Å². The third-order valence-electron chi connectivity index (χ3n) is 2.75. The van der Waals surface area contributed by atoms with Gasteiger partial charge in [-0.05, 0) is 55.7 Å². The van der Waals surface area contributed by atoms with Crippen molar-refractivity contribution in [2.75, 3.05) is 5.32 Å². The first-order chi connectivity index (χ1) is 8.17. The standard InChI is InChI=1S/C15H19NS/c1-4-14-5-6-15(17-14)10-16-13-8-11(2)7-12(3)9-13/h5-9,16H,4,10H2,1-3H3. The van der Waals surface area contributed by atoms with Crippen LogP contribution in [-0.4, -0.2) is 0 Å². The Morgan fingerprint density at radius 1 is 1.00 bits per heavy atom. The van der Waals surface area contributed by atoms with E-state index in [0.717, 1.165) is 13.0 Å². The Morgan fingerprint density at radius 3 is 2.24 bits per heavy atom. The molecule has 1 heterocycles. The lowest BCUT2D eigenvalue weighted by Crippen LogP contribution is -1.97. The van der Waals surface area contributed by atoms with Gasteiger partial charge < -0.3 is 5.32 Å². The third kappa shape index (κ3) is 3.34. The first-order valence-electron chi connectivity index (χ1n) is 6.07. The molecule has 0 radical (unpaired) electrons. The third-order valence-corrected chi connectivity index (χ3v) is 3.98. The molecule has 0 aliphatic carbocycles. The van der Waals surface area contributed by atoms with Crippen LogP contribution in [0.25, 0.3) is 0 Å². The first kappa shape index (κ1) is 12.2. The summed E-state index contributed by atoms with van der Waals surface area (Å²) >= 11 is 1.90. The number of nitrogens with one attached hydrogen (secondary N) is 1. The van der Waals surface area contributed by atoms with Gasteiger partial charge >= 0.3 is 0 Å². The number of rotatable bonds is 4. The molecule has 0 saturated heterocycles. The summed E-state index contributed by atoms with van der Waals surface area (Å²) in [5, 5.41) is 3.49. The molecule has 0 saturated carbocycles. The van der Waals surface area contributed by atoms with Crippen molar-refractivity contribution in [3.05, 3.63) is 51.2 Å². The molecule has 0 fully saturated rings. The molecule has 0 aliphatic rings. The Labute approximate surface area is 108 Å². The molecular weight excluding hydrogens is 226 g/mol. The molecule has 90 valence electrons. The quantitative estimate of drug-likeness (QED) is 0.834. The van der Waals surface area contributed by atoms with E-state index in [-0.39, 0.29) is 0 Å². The number of benzene rings is 1. The van der Waals surface area contributed by atoms with E-state index in [2.05, 4.69) is 56.4 Å². The summed E-state index contributed by atoms with van der Waals surface area (Å²) < 4.78 is 0. The van der Waals surface area contributed by atoms with Gasteiger partial charge in [0.15, 0.2) is 0 Å². The fourth-order valence-corrected chi connectivity index (χ4v) is 2.87. The lowest BCUT2D eigenvalue weighted by atomic mass is 10.1. The van der Waals surface area contributed by atoms with E-state index >= 15 is 0 Å². The molecule has 2 aromatic rings. The number of hydrogen-bond acceptors (Lipinski definition) is 2. The highest BCUT2D eigenvalue weighted by Crippen LogP contribution is 2.19. The van der Waals surface area contributed by atoms with Crippen LogP contribution in [0.2, 0.25) is 0 Å². The molecule has 1 nitrogen and oxygen atoms in total. The zero-order chi connectivity index (χ0) is 12.3. The molecule has 0 bridgehead atoms. The summed E-state index contributed by atoms with van der Waals surface area (Å²) in [6.07, 6.45) is 1.13. The minimum absolute atomic E-state index is 0.924. The van der Waals surface area contributed by atoms with Crippen molar-refractivity contribution >= 4 is 17.0 Å². The zero-order valence-corrected chi connectivity index (χ0v) is 11.5. The van der Waals surface area contributed by atoms with Gasteiger partial charge in [-0.15, -0.1) is 11.3 Å². The largest absolute Gasteiger partial charge is 0.380 e. The van der Waals surface area contributed by atoms with Gasteiger partial charge in [0.2, 0.25) is 0 Å². The highest BCUT2D eigenvalue weighted by Gasteiger charge is 1.99. The van der Waals surface area contributed by atoms with Crippen LogP contribution in [0.15, 0.2) is 30.3 Å². The van der Waals surface area contributed by atoms with Crippen LogP contribution in [0, 0.1) is 13.8 Å². The van der Waals surface area contributed by atoms with E-state index in [9.17, 15) is 0 Å². The highest BCUT2D eigenvalue weighted by atomic mass is 32.1. The second kappa shape index (κ2) is 5.37. The van der Waals surface area contributed by atoms with Gasteiger partial charge in [-0.25, -0.2) is 0 Å². The van der Waals surface area contributed by atoms with Gasteiger partial charge in [0, 0.05) is 22.0 Å². The van der Waals surface area contributed by atoms with Crippen LogP contribution in [0.3, 0.4) is 0 Å². The van der Waals surface area contributed by atoms with E-state index in [1.807, 2.05) is 11.3 Å². The lowest BCUT2D eigenvalue weighted by Gasteiger charge is -2.07. The Hall–Kier alpha value is -1.28. The predicted molar refractivity (Wildman–Crippen MR) is 76.9 cm³/mol. The molecule has 2 rings (SSSR count). The van der Waals surface area contributed by atoms with Gasteiger partial charge in [-0.1, -0.05) is 13.0 Å². The number of hydrogen-bond donors (Lipinski definition) is 1. The Kier molecular flexibility index (Phi) is 3.85. The Balaban J connectivity index is 2.01. The van der Waals surface area contributed by atoms with Crippen molar-refractivity contribution < 1.29 is 0 Å². The molecule has 2 heteroatoms. The summed E-state index contributed by atoms with van der Waals surface area (Å²) in [6.45, 7) is 7.40. The average Bonchev–Trinajstić information content (AvgIpc) is 2.73. The topological polar surface area (TPSA) is 12.0 Å². The Bertz CT molecular complexity index is 479. The fraction of sp³-hybridized carbons (Fsp3) is 0.333. The van der Waals surface area contributed by atoms with Gasteiger partial charge in [0.05, 0.1) is 0 Å². The van der Waals surface area contributed by atoms with Crippen LogP contribution in [0.1, 0.15) is 27.8 Å². The normalized spacial score (nSPS) is 10.5. The van der Waals surface area contributed by atoms with E-state index in [1.165, 1.54) is 26.6 Å². The minimum atomic E-state index is 0.924. The molecular formula is C15H19NS. The summed E-state index contributed by atoms with van der Waals surface area (Å²) in [6, 6.07) is 11.0. The average molecular weight is 245 g/mol. The van der Waals surface area contributed by atoms with Crippen molar-refractivity contribution in [2.24, 2.45) is 0 Å². The summed E-state index contributed by atoms with van der Waals surface area (Å²) in [5.74, 6) is 0. The smallest absolute Gasteiger partial charge is 0.0494 e. The van der Waals surface area contributed by atoms with Crippen molar-refractivity contribution in [3.8, 4) is 0 Å². The van der Waals surface area contributed by atoms with Crippen LogP contribution >= 0.6 is 11.3 Å². The predicted octanol–water partition coefficient (Wildman–Crippen LogP) is 4.54. The van der Waals surface area contributed by atoms with Crippen molar-refractivity contribution in [1.82, 2.24) is 0 Å². The summed E-state index contributed by atoms with van der Waals surface area (Å²) in [7, 11) is 0. The molecule has 0 aliphatic heterocycles. The van der Waals surface area contributed by atoms with Crippen molar-refractivity contribution in [1.29, 1.82) is 0 Å². The number of aryl methyl sites for hydroxylation is 3. The van der Waals surface area contributed by atoms with Crippen LogP contribution in [0.4, 0.5) is 5.69 Å². The van der Waals surface area contributed by atoms with Crippen LogP contribution in [0.5, 0.6) is 0 Å². The molecule has 1 aromatic heterocycles. The fourth-order valence-electron chi connectivity index (χ4n) is 1.97. The SMILES string of the molecule is CCc1ccc(CNc2cc(C)cc(C)c2)s1. The van der Waals surface area contributed by atoms with Gasteiger partial charge in [-0.3, -0.25) is 0 Å². The minimum Gasteiger partial charge on any atom is -0.380 e. The van der Waals surface area contributed by atoms with Crippen molar-refractivity contribution in [3.63, 3.8) is 0 Å². The molecule has 1 N–H and O–H groups in total. The second-order valence-electron chi connectivity index (χ2n) is 4.45. The number of anilines is 1. The van der Waals surface area contributed by atoms with Gasteiger partial charge in [0.25, 0.3) is 0 Å². The first-order valence-corrected chi connectivity index (χ1v) is 6.89. The molecule has 0 spiro atoms. The lowest BCUT2D eigenvalue weighted by molar-refractivity contribution is 1.18. The maximum atomic E-state index is 3.49. The van der Waals surface area contributed by atoms with Crippen LogP contribution < -0.4 is 5.32 Å². The van der Waals surface area contributed by atoms with E-state index in [0.29, 0.717) is 0 Å². The zero-order valence-electron chi connectivity index (χ0n) is 10.7. The van der Waals surface area contributed by atoms with E-state index in [1.54, 1.807) is 0 Å². The second-order valence-corrected chi connectivity index (χ2v) is 5.70. The molecule has 0 unspecified atom stereocenters.